The fraction of sp³-hybridized carbons (Fsp3) is 0.0588. The zero-order chi connectivity index (χ0) is 16.1. The van der Waals surface area contributed by atoms with Crippen LogP contribution in [-0.4, -0.2) is 11.0 Å². The summed E-state index contributed by atoms with van der Waals surface area (Å²) in [6.45, 7) is -0.0467. The number of aromatic nitrogens is 1. The molecule has 0 bridgehead atoms. The van der Waals surface area contributed by atoms with Crippen LogP contribution in [-0.2, 0) is 16.1 Å². The number of hydrogen-bond acceptors (Lipinski definition) is 5. The first-order valence-electron chi connectivity index (χ1n) is 6.80. The van der Waals surface area contributed by atoms with Crippen LogP contribution in [0.5, 0.6) is 0 Å². The number of rotatable bonds is 5. The van der Waals surface area contributed by atoms with Gasteiger partial charge in [0.25, 0.3) is 0 Å². The topological polar surface area (TPSA) is 65.5 Å². The zero-order valence-electron chi connectivity index (χ0n) is 11.9. The summed E-state index contributed by atoms with van der Waals surface area (Å²) in [7, 11) is 0. The van der Waals surface area contributed by atoms with Gasteiger partial charge in [-0.25, -0.2) is 9.78 Å². The van der Waals surface area contributed by atoms with Gasteiger partial charge in [0.2, 0.25) is 5.89 Å². The Labute approximate surface area is 137 Å². The van der Waals surface area contributed by atoms with Crippen molar-refractivity contribution in [2.75, 3.05) is 0 Å². The molecule has 3 rings (SSSR count). The molecule has 0 saturated heterocycles. The standard InChI is InChI=1S/C17H12ClNO4/c18-13-5-3-12(4-6-13)15-10-19-16(23-15)11-22-17(20)8-7-14-2-1-9-21-14/h1-10H,11H2/b8-7+. The van der Waals surface area contributed by atoms with Crippen molar-refractivity contribution in [3.05, 3.63) is 71.6 Å². The number of furan rings is 1. The molecule has 0 amide bonds. The van der Waals surface area contributed by atoms with Gasteiger partial charge in [0.1, 0.15) is 5.76 Å². The second-order valence-electron chi connectivity index (χ2n) is 4.58. The molecule has 2 aromatic heterocycles. The minimum absolute atomic E-state index is 0.0467. The van der Waals surface area contributed by atoms with Crippen molar-refractivity contribution in [1.29, 1.82) is 0 Å². The molecule has 1 aromatic carbocycles. The van der Waals surface area contributed by atoms with E-state index in [2.05, 4.69) is 4.98 Å². The maximum atomic E-state index is 11.6. The second kappa shape index (κ2) is 6.98. The molecule has 0 spiro atoms. The summed E-state index contributed by atoms with van der Waals surface area (Å²) in [5.74, 6) is 0.962. The Kier molecular flexibility index (Phi) is 4.59. The Bertz CT molecular complexity index is 804. The molecule has 0 aliphatic rings. The highest BCUT2D eigenvalue weighted by Crippen LogP contribution is 2.22. The number of benzene rings is 1. The van der Waals surface area contributed by atoms with E-state index in [0.29, 0.717) is 22.4 Å². The normalized spacial score (nSPS) is 11.0. The fourth-order valence-electron chi connectivity index (χ4n) is 1.84. The monoisotopic (exact) mass is 329 g/mol. The van der Waals surface area contributed by atoms with Crippen molar-refractivity contribution in [3.8, 4) is 11.3 Å². The summed E-state index contributed by atoms with van der Waals surface area (Å²) in [6, 6.07) is 10.6. The number of hydrogen-bond donors (Lipinski definition) is 0. The van der Waals surface area contributed by atoms with Crippen molar-refractivity contribution < 1.29 is 18.4 Å². The van der Waals surface area contributed by atoms with Crippen LogP contribution in [0, 0.1) is 0 Å². The van der Waals surface area contributed by atoms with Crippen LogP contribution in [0.15, 0.2) is 63.8 Å². The first-order valence-corrected chi connectivity index (χ1v) is 7.17. The molecule has 0 fully saturated rings. The van der Waals surface area contributed by atoms with Gasteiger partial charge < -0.3 is 13.6 Å². The molecule has 3 aromatic rings. The van der Waals surface area contributed by atoms with Gasteiger partial charge in [-0.05, 0) is 42.5 Å². The van der Waals surface area contributed by atoms with Crippen LogP contribution in [0.2, 0.25) is 5.02 Å². The molecule has 6 heteroatoms. The van der Waals surface area contributed by atoms with E-state index in [1.165, 1.54) is 18.4 Å². The Morgan fingerprint density at radius 2 is 2.09 bits per heavy atom. The summed E-state index contributed by atoms with van der Waals surface area (Å²) < 4.78 is 15.7. The van der Waals surface area contributed by atoms with Gasteiger partial charge in [0, 0.05) is 16.7 Å². The van der Waals surface area contributed by atoms with Crippen molar-refractivity contribution >= 4 is 23.6 Å². The number of carbonyl (C=O) groups excluding carboxylic acids is 1. The minimum Gasteiger partial charge on any atom is -0.465 e. The fourth-order valence-corrected chi connectivity index (χ4v) is 1.97. The SMILES string of the molecule is O=C(/C=C/c1ccco1)OCc1ncc(-c2ccc(Cl)cc2)o1. The second-order valence-corrected chi connectivity index (χ2v) is 5.02. The van der Waals surface area contributed by atoms with Gasteiger partial charge in [0.15, 0.2) is 12.4 Å². The first kappa shape index (κ1) is 15.1. The third-order valence-electron chi connectivity index (χ3n) is 2.95. The Morgan fingerprint density at radius 1 is 1.26 bits per heavy atom. The van der Waals surface area contributed by atoms with Crippen molar-refractivity contribution in [1.82, 2.24) is 4.98 Å². The van der Waals surface area contributed by atoms with E-state index in [0.717, 1.165) is 5.56 Å². The van der Waals surface area contributed by atoms with Crippen molar-refractivity contribution in [2.45, 2.75) is 6.61 Å². The number of esters is 1. The molecular formula is C17H12ClNO4. The molecule has 0 aliphatic heterocycles. The maximum Gasteiger partial charge on any atom is 0.331 e. The molecule has 5 nitrogen and oxygen atoms in total. The molecule has 116 valence electrons. The molecule has 0 atom stereocenters. The van der Waals surface area contributed by atoms with Gasteiger partial charge in [-0.3, -0.25) is 0 Å². The summed E-state index contributed by atoms with van der Waals surface area (Å²) in [5, 5.41) is 0.644. The van der Waals surface area contributed by atoms with E-state index >= 15 is 0 Å². The molecule has 0 saturated carbocycles. The summed E-state index contributed by atoms with van der Waals surface area (Å²) in [6.07, 6.45) is 5.90. The van der Waals surface area contributed by atoms with Crippen LogP contribution in [0.3, 0.4) is 0 Å². The number of carbonyl (C=O) groups is 1. The molecule has 0 radical (unpaired) electrons. The first-order chi connectivity index (χ1) is 11.2. The van der Waals surface area contributed by atoms with E-state index in [1.54, 1.807) is 30.5 Å². The van der Waals surface area contributed by atoms with Crippen molar-refractivity contribution in [3.63, 3.8) is 0 Å². The van der Waals surface area contributed by atoms with Crippen LogP contribution < -0.4 is 0 Å². The van der Waals surface area contributed by atoms with Crippen LogP contribution >= 0.6 is 11.6 Å². The van der Waals surface area contributed by atoms with Gasteiger partial charge in [0.05, 0.1) is 12.5 Å². The lowest BCUT2D eigenvalue weighted by Gasteiger charge is -1.98. The van der Waals surface area contributed by atoms with E-state index in [-0.39, 0.29) is 6.61 Å². The van der Waals surface area contributed by atoms with Crippen LogP contribution in [0.25, 0.3) is 17.4 Å². The summed E-state index contributed by atoms with van der Waals surface area (Å²) in [5.41, 5.74) is 0.845. The number of nitrogens with zero attached hydrogens (tertiary/aromatic N) is 1. The molecule has 0 N–H and O–H groups in total. The maximum absolute atomic E-state index is 11.6. The largest absolute Gasteiger partial charge is 0.465 e. The van der Waals surface area contributed by atoms with Crippen LogP contribution in [0.4, 0.5) is 0 Å². The van der Waals surface area contributed by atoms with E-state index in [4.69, 9.17) is 25.2 Å². The summed E-state index contributed by atoms with van der Waals surface area (Å²) >= 11 is 5.84. The predicted molar refractivity (Wildman–Crippen MR) is 84.5 cm³/mol. The van der Waals surface area contributed by atoms with Crippen molar-refractivity contribution in [2.24, 2.45) is 0 Å². The lowest BCUT2D eigenvalue weighted by atomic mass is 10.2. The molecule has 23 heavy (non-hydrogen) atoms. The predicted octanol–water partition coefficient (Wildman–Crippen LogP) is 4.34. The quantitative estimate of drug-likeness (QED) is 0.514. The third kappa shape index (κ3) is 4.11. The van der Waals surface area contributed by atoms with E-state index in [1.807, 2.05) is 12.1 Å². The Morgan fingerprint density at radius 3 is 2.83 bits per heavy atom. The third-order valence-corrected chi connectivity index (χ3v) is 3.20. The van der Waals surface area contributed by atoms with E-state index in [9.17, 15) is 4.79 Å². The number of halogens is 1. The average molecular weight is 330 g/mol. The minimum atomic E-state index is -0.507. The summed E-state index contributed by atoms with van der Waals surface area (Å²) in [4.78, 5) is 15.7. The number of ether oxygens (including phenoxy) is 1. The lowest BCUT2D eigenvalue weighted by Crippen LogP contribution is -2.00. The Balaban J connectivity index is 1.57. The van der Waals surface area contributed by atoms with Gasteiger partial charge in [-0.15, -0.1) is 0 Å². The lowest BCUT2D eigenvalue weighted by molar-refractivity contribution is -0.139. The molecule has 2 heterocycles. The average Bonchev–Trinajstić information content (AvgIpc) is 3.23. The number of oxazole rings is 1. The highest BCUT2D eigenvalue weighted by Gasteiger charge is 2.08. The zero-order valence-corrected chi connectivity index (χ0v) is 12.7. The highest BCUT2D eigenvalue weighted by molar-refractivity contribution is 6.30. The highest BCUT2D eigenvalue weighted by atomic mass is 35.5. The van der Waals surface area contributed by atoms with E-state index < -0.39 is 5.97 Å². The van der Waals surface area contributed by atoms with Crippen LogP contribution in [0.1, 0.15) is 11.7 Å². The molecular weight excluding hydrogens is 318 g/mol. The molecule has 0 unspecified atom stereocenters. The smallest absolute Gasteiger partial charge is 0.331 e. The Hall–Kier alpha value is -2.79. The van der Waals surface area contributed by atoms with Gasteiger partial charge in [-0.2, -0.15) is 0 Å². The molecule has 0 aliphatic carbocycles. The van der Waals surface area contributed by atoms with Gasteiger partial charge in [-0.1, -0.05) is 11.6 Å². The van der Waals surface area contributed by atoms with Gasteiger partial charge >= 0.3 is 5.97 Å².